The van der Waals surface area contributed by atoms with Crippen molar-refractivity contribution in [2.45, 2.75) is 20.3 Å². The number of fused-ring (bicyclic) bond motifs is 1. The van der Waals surface area contributed by atoms with Crippen LogP contribution in [0.4, 0.5) is 0 Å². The Hall–Kier alpha value is -1.56. The maximum absolute atomic E-state index is 3.76. The minimum atomic E-state index is 1.07. The van der Waals surface area contributed by atoms with Crippen LogP contribution in [0.2, 0.25) is 0 Å². The Morgan fingerprint density at radius 1 is 1.27 bits per heavy atom. The van der Waals surface area contributed by atoms with E-state index in [9.17, 15) is 0 Å². The molecule has 1 aliphatic carbocycles. The van der Waals surface area contributed by atoms with E-state index in [-0.39, 0.29) is 0 Å². The van der Waals surface area contributed by atoms with Crippen LogP contribution in [-0.2, 0) is 6.42 Å². The van der Waals surface area contributed by atoms with Crippen molar-refractivity contribution in [1.29, 1.82) is 0 Å². The number of rotatable bonds is 1. The number of allylic oxidation sites excluding steroid dienone is 3. The van der Waals surface area contributed by atoms with Gasteiger partial charge in [-0.15, -0.1) is 0 Å². The van der Waals surface area contributed by atoms with Crippen LogP contribution in [0.25, 0.3) is 17.7 Å². The van der Waals surface area contributed by atoms with E-state index in [2.05, 4.69) is 50.8 Å². The fourth-order valence-electron chi connectivity index (χ4n) is 2.11. The molecular weight excluding hydrogens is 180 g/mol. The lowest BCUT2D eigenvalue weighted by molar-refractivity contribution is 1.28. The molecule has 0 spiro atoms. The molecule has 1 aromatic carbocycles. The van der Waals surface area contributed by atoms with E-state index in [0.29, 0.717) is 0 Å². The van der Waals surface area contributed by atoms with Gasteiger partial charge >= 0.3 is 0 Å². The van der Waals surface area contributed by atoms with Crippen LogP contribution in [0.15, 0.2) is 30.9 Å². The molecule has 0 heteroatoms. The third-order valence-electron chi connectivity index (χ3n) is 2.97. The summed E-state index contributed by atoms with van der Waals surface area (Å²) in [5.41, 5.74) is 4.24. The Balaban J connectivity index is 2.77. The molecule has 0 radical (unpaired) electrons. The lowest BCUT2D eigenvalue weighted by atomic mass is 10.0. The minimum absolute atomic E-state index is 1.07. The molecular formula is C15H16. The van der Waals surface area contributed by atoms with Gasteiger partial charge in [-0.05, 0) is 53.5 Å². The first-order chi connectivity index (χ1) is 7.26. The molecule has 0 atom stereocenters. The molecule has 76 valence electrons. The summed E-state index contributed by atoms with van der Waals surface area (Å²) in [5.74, 6) is 0. The highest BCUT2D eigenvalue weighted by Gasteiger charge is 2.09. The highest BCUT2D eigenvalue weighted by molar-refractivity contribution is 5.71. The smallest absolute Gasteiger partial charge is 0.00853 e. The van der Waals surface area contributed by atoms with Crippen molar-refractivity contribution in [3.63, 3.8) is 0 Å². The first-order valence-corrected chi connectivity index (χ1v) is 5.35. The van der Waals surface area contributed by atoms with Crippen LogP contribution in [0, 0.1) is 0 Å². The van der Waals surface area contributed by atoms with E-state index in [1.807, 2.05) is 6.08 Å². The van der Waals surface area contributed by atoms with E-state index in [1.165, 1.54) is 27.1 Å². The molecule has 0 bridgehead atoms. The summed E-state index contributed by atoms with van der Waals surface area (Å²) < 4.78 is 0. The molecule has 1 aliphatic rings. The maximum Gasteiger partial charge on any atom is -0.00853 e. The molecule has 0 aromatic heterocycles. The van der Waals surface area contributed by atoms with Gasteiger partial charge in [0.2, 0.25) is 0 Å². The third-order valence-corrected chi connectivity index (χ3v) is 2.97. The standard InChI is InChI=1S/C15H16/c1-4-6-13-9-14-8-7-11(3)15(14)10-12(13)5-2/h4-7,9-10H,1,8H2,2-3H3. The van der Waals surface area contributed by atoms with Gasteiger partial charge in [0.05, 0.1) is 0 Å². The zero-order chi connectivity index (χ0) is 10.8. The molecule has 0 aliphatic heterocycles. The van der Waals surface area contributed by atoms with Crippen molar-refractivity contribution in [3.8, 4) is 0 Å². The van der Waals surface area contributed by atoms with Gasteiger partial charge in [0.1, 0.15) is 0 Å². The summed E-state index contributed by atoms with van der Waals surface area (Å²) in [6.45, 7) is 8.02. The molecule has 0 heterocycles. The summed E-state index contributed by atoms with van der Waals surface area (Å²) in [6, 6.07) is 4.56. The van der Waals surface area contributed by atoms with Crippen molar-refractivity contribution in [3.05, 3.63) is 52.4 Å². The lowest BCUT2D eigenvalue weighted by Gasteiger charge is -2.01. The lowest BCUT2D eigenvalue weighted by Crippen LogP contribution is -2.25. The summed E-state index contributed by atoms with van der Waals surface area (Å²) in [6.07, 6.45) is 9.44. The van der Waals surface area contributed by atoms with E-state index in [0.717, 1.165) is 6.42 Å². The summed E-state index contributed by atoms with van der Waals surface area (Å²) in [4.78, 5) is 0. The molecule has 0 N–H and O–H groups in total. The van der Waals surface area contributed by atoms with Crippen molar-refractivity contribution < 1.29 is 0 Å². The van der Waals surface area contributed by atoms with Crippen LogP contribution < -0.4 is 10.4 Å². The van der Waals surface area contributed by atoms with Gasteiger partial charge in [0.25, 0.3) is 0 Å². The average Bonchev–Trinajstić information content (AvgIpc) is 2.59. The van der Waals surface area contributed by atoms with Crippen LogP contribution in [-0.4, -0.2) is 0 Å². The van der Waals surface area contributed by atoms with E-state index >= 15 is 0 Å². The Morgan fingerprint density at radius 2 is 2.07 bits per heavy atom. The Morgan fingerprint density at radius 3 is 2.73 bits per heavy atom. The van der Waals surface area contributed by atoms with E-state index < -0.39 is 0 Å². The van der Waals surface area contributed by atoms with Crippen LogP contribution in [0.5, 0.6) is 0 Å². The number of hydrogen-bond acceptors (Lipinski definition) is 0. The van der Waals surface area contributed by atoms with E-state index in [4.69, 9.17) is 0 Å². The molecule has 0 amide bonds. The topological polar surface area (TPSA) is 0 Å². The molecule has 0 unspecified atom stereocenters. The summed E-state index contributed by atoms with van der Waals surface area (Å²) in [5, 5.41) is 2.57. The summed E-state index contributed by atoms with van der Waals surface area (Å²) >= 11 is 0. The van der Waals surface area contributed by atoms with Gasteiger partial charge in [-0.2, -0.15) is 0 Å². The van der Waals surface area contributed by atoms with Crippen molar-refractivity contribution >= 4 is 17.7 Å². The first-order valence-electron chi connectivity index (χ1n) is 5.35. The molecule has 2 rings (SSSR count). The van der Waals surface area contributed by atoms with Gasteiger partial charge in [-0.25, -0.2) is 0 Å². The highest BCUT2D eigenvalue weighted by Crippen LogP contribution is 2.23. The molecule has 1 aromatic rings. The van der Waals surface area contributed by atoms with Crippen molar-refractivity contribution in [2.75, 3.05) is 0 Å². The van der Waals surface area contributed by atoms with Crippen molar-refractivity contribution in [1.82, 2.24) is 0 Å². The Bertz CT molecular complexity index is 542. The first kappa shape index (κ1) is 9.97. The zero-order valence-corrected chi connectivity index (χ0v) is 9.38. The third kappa shape index (κ3) is 1.68. The zero-order valence-electron chi connectivity index (χ0n) is 9.38. The van der Waals surface area contributed by atoms with Gasteiger partial charge in [-0.3, -0.25) is 0 Å². The molecule has 0 fully saturated rings. The monoisotopic (exact) mass is 196 g/mol. The molecule has 0 saturated carbocycles. The summed E-state index contributed by atoms with van der Waals surface area (Å²) in [7, 11) is 0. The van der Waals surface area contributed by atoms with Gasteiger partial charge in [0, 0.05) is 0 Å². The predicted octanol–water partition coefficient (Wildman–Crippen LogP) is 2.41. The highest BCUT2D eigenvalue weighted by atomic mass is 14.1. The molecule has 0 nitrogen and oxygen atoms in total. The fraction of sp³-hybridized carbons (Fsp3) is 0.200. The minimum Gasteiger partial charge on any atom is -0.0990 e. The average molecular weight is 196 g/mol. The molecule has 0 saturated heterocycles. The Labute approximate surface area is 91.0 Å². The van der Waals surface area contributed by atoms with Gasteiger partial charge in [-0.1, -0.05) is 36.9 Å². The SMILES string of the molecule is C=CC=c1cc2c(cc1=CC)C(C)=CC2. The second-order valence-electron chi connectivity index (χ2n) is 3.92. The van der Waals surface area contributed by atoms with Crippen LogP contribution in [0.3, 0.4) is 0 Å². The van der Waals surface area contributed by atoms with Crippen molar-refractivity contribution in [2.24, 2.45) is 0 Å². The fourth-order valence-corrected chi connectivity index (χ4v) is 2.11. The Kier molecular flexibility index (Phi) is 2.59. The quantitative estimate of drug-likeness (QED) is 0.647. The molecule has 15 heavy (non-hydrogen) atoms. The normalized spacial score (nSPS) is 16.5. The van der Waals surface area contributed by atoms with E-state index in [1.54, 1.807) is 0 Å². The predicted molar refractivity (Wildman–Crippen MR) is 67.8 cm³/mol. The number of benzene rings is 1. The van der Waals surface area contributed by atoms with Crippen LogP contribution in [0.1, 0.15) is 25.0 Å². The maximum atomic E-state index is 3.76. The van der Waals surface area contributed by atoms with Gasteiger partial charge < -0.3 is 0 Å². The number of hydrogen-bond donors (Lipinski definition) is 0. The van der Waals surface area contributed by atoms with Crippen LogP contribution >= 0.6 is 0 Å². The second-order valence-corrected chi connectivity index (χ2v) is 3.92. The second kappa shape index (κ2) is 3.90. The van der Waals surface area contributed by atoms with Gasteiger partial charge in [0.15, 0.2) is 0 Å². The largest absolute Gasteiger partial charge is 0.0990 e.